The Morgan fingerprint density at radius 2 is 1.73 bits per heavy atom. The Bertz CT molecular complexity index is 382. The van der Waals surface area contributed by atoms with E-state index < -0.39 is 35.4 Å². The minimum atomic E-state index is -5.91. The van der Waals surface area contributed by atoms with Crippen molar-refractivity contribution >= 4 is 23.5 Å². The number of aliphatic hydroxyl groups is 1. The van der Waals surface area contributed by atoms with Crippen molar-refractivity contribution in [3.63, 3.8) is 0 Å². The Labute approximate surface area is 128 Å². The highest BCUT2D eigenvalue weighted by molar-refractivity contribution is 7.80. The van der Waals surface area contributed by atoms with Gasteiger partial charge in [-0.25, -0.2) is 0 Å². The molecule has 0 amide bonds. The molecular weight excluding hydrogens is 336 g/mol. The van der Waals surface area contributed by atoms with Crippen molar-refractivity contribution in [3.05, 3.63) is 0 Å². The summed E-state index contributed by atoms with van der Waals surface area (Å²) in [6, 6.07) is 0. The molecule has 0 aliphatic heterocycles. The lowest BCUT2D eigenvalue weighted by molar-refractivity contribution is -0.378. The van der Waals surface area contributed by atoms with Crippen molar-refractivity contribution in [2.75, 3.05) is 0 Å². The van der Waals surface area contributed by atoms with Crippen LogP contribution in [0.2, 0.25) is 0 Å². The van der Waals surface area contributed by atoms with Gasteiger partial charge in [-0.15, -0.1) is 0 Å². The Morgan fingerprint density at radius 3 is 2.09 bits per heavy atom. The van der Waals surface area contributed by atoms with Crippen LogP contribution < -0.4 is 11.2 Å². The molecule has 0 unspecified atom stereocenters. The predicted octanol–water partition coefficient (Wildman–Crippen LogP) is 2.86. The first-order valence-corrected chi connectivity index (χ1v) is 6.73. The van der Waals surface area contributed by atoms with Gasteiger partial charge in [-0.05, 0) is 18.6 Å². The van der Waals surface area contributed by atoms with Crippen LogP contribution in [0.3, 0.4) is 0 Å². The number of nitrogens with one attached hydrogen (secondary N) is 1. The maximum Gasteiger partial charge on any atom is 0.426 e. The molecule has 0 rings (SSSR count). The number of hydrazone groups is 1. The molecule has 0 aliphatic carbocycles. The number of alkyl halides is 6. The second-order valence-corrected chi connectivity index (χ2v) is 5.06. The third kappa shape index (κ3) is 5.27. The summed E-state index contributed by atoms with van der Waals surface area (Å²) in [7, 11) is 0. The topological polar surface area (TPSA) is 70.6 Å². The molecular formula is C11H17F6N3OS. The minimum absolute atomic E-state index is 0.0642. The summed E-state index contributed by atoms with van der Waals surface area (Å²) in [5, 5.41) is 12.1. The number of hydrogen-bond donors (Lipinski definition) is 3. The van der Waals surface area contributed by atoms with E-state index in [0.717, 1.165) is 0 Å². The summed E-state index contributed by atoms with van der Waals surface area (Å²) in [5.41, 5.74) is 1.96. The zero-order chi connectivity index (χ0) is 17.6. The van der Waals surface area contributed by atoms with Crippen LogP contribution in [-0.2, 0) is 0 Å². The van der Waals surface area contributed by atoms with Gasteiger partial charge < -0.3 is 10.8 Å². The molecule has 0 saturated carbocycles. The monoisotopic (exact) mass is 353 g/mol. The highest BCUT2D eigenvalue weighted by Crippen LogP contribution is 2.48. The molecule has 0 heterocycles. The Hall–Kier alpha value is -1.10. The molecule has 0 aliphatic rings. The number of rotatable bonds is 7. The molecule has 4 nitrogen and oxygen atoms in total. The fraction of sp³-hybridized carbons (Fsp3) is 0.818. The maximum atomic E-state index is 12.8. The van der Waals surface area contributed by atoms with Crippen molar-refractivity contribution in [2.24, 2.45) is 16.8 Å². The number of unbranched alkanes of at least 4 members (excludes halogenated alkanes) is 2. The van der Waals surface area contributed by atoms with Crippen LogP contribution in [0.25, 0.3) is 0 Å². The quantitative estimate of drug-likeness (QED) is 0.216. The summed E-state index contributed by atoms with van der Waals surface area (Å²) in [4.78, 5) is 0. The van der Waals surface area contributed by atoms with Crippen LogP contribution in [0.4, 0.5) is 26.3 Å². The third-order valence-electron chi connectivity index (χ3n) is 2.95. The van der Waals surface area contributed by atoms with E-state index >= 15 is 0 Å². The normalized spacial score (nSPS) is 15.1. The van der Waals surface area contributed by atoms with Gasteiger partial charge >= 0.3 is 12.4 Å². The SMILES string of the molecule is CCCCC[C@H](/C=N\NC(N)=S)C(O)(C(F)(F)F)C(F)(F)F. The zero-order valence-electron chi connectivity index (χ0n) is 11.6. The van der Waals surface area contributed by atoms with Gasteiger partial charge in [0.2, 0.25) is 0 Å². The maximum absolute atomic E-state index is 12.8. The molecule has 0 spiro atoms. The van der Waals surface area contributed by atoms with E-state index in [4.69, 9.17) is 5.73 Å². The summed E-state index contributed by atoms with van der Waals surface area (Å²) in [6.45, 7) is 1.73. The van der Waals surface area contributed by atoms with E-state index in [0.29, 0.717) is 19.1 Å². The van der Waals surface area contributed by atoms with Gasteiger partial charge in [-0.1, -0.05) is 26.2 Å². The van der Waals surface area contributed by atoms with Gasteiger partial charge in [0.25, 0.3) is 5.60 Å². The van der Waals surface area contributed by atoms with Gasteiger partial charge in [-0.3, -0.25) is 5.43 Å². The Kier molecular flexibility index (Phi) is 7.55. The Morgan fingerprint density at radius 1 is 1.23 bits per heavy atom. The van der Waals surface area contributed by atoms with Crippen LogP contribution in [0, 0.1) is 5.92 Å². The molecule has 4 N–H and O–H groups in total. The van der Waals surface area contributed by atoms with Crippen molar-refractivity contribution < 1.29 is 31.4 Å². The number of nitrogens with two attached hydrogens (primary N) is 1. The van der Waals surface area contributed by atoms with E-state index in [-0.39, 0.29) is 6.42 Å². The van der Waals surface area contributed by atoms with E-state index in [9.17, 15) is 31.4 Å². The van der Waals surface area contributed by atoms with Crippen molar-refractivity contribution in [1.82, 2.24) is 5.43 Å². The standard InChI is InChI=1S/C11H17F6N3OS/c1-2-3-4-5-7(6-19-20-8(18)22)9(21,10(12,13)14)11(15,16)17/h6-7,21H,2-5H2,1H3,(H3,18,20,22)/b19-6-/t7-/m1/s1. The number of thiocarbonyl (C=S) groups is 1. The fourth-order valence-corrected chi connectivity index (χ4v) is 1.83. The smallest absolute Gasteiger partial charge is 0.375 e. The molecule has 130 valence electrons. The van der Waals surface area contributed by atoms with Crippen LogP contribution in [0.1, 0.15) is 32.6 Å². The summed E-state index contributed by atoms with van der Waals surface area (Å²) < 4.78 is 77.1. The van der Waals surface area contributed by atoms with Crippen LogP contribution in [0.15, 0.2) is 5.10 Å². The second-order valence-electron chi connectivity index (χ2n) is 4.62. The lowest BCUT2D eigenvalue weighted by Gasteiger charge is -2.37. The number of nitrogens with zero attached hydrogens (tertiary/aromatic N) is 1. The summed E-state index contributed by atoms with van der Waals surface area (Å²) in [6.07, 6.45) is -10.9. The average molecular weight is 353 g/mol. The minimum Gasteiger partial charge on any atom is -0.375 e. The molecule has 0 bridgehead atoms. The molecule has 22 heavy (non-hydrogen) atoms. The second kappa shape index (κ2) is 7.95. The van der Waals surface area contributed by atoms with Crippen molar-refractivity contribution in [2.45, 2.75) is 50.6 Å². The molecule has 0 fully saturated rings. The van der Waals surface area contributed by atoms with Gasteiger partial charge in [-0.2, -0.15) is 31.4 Å². The molecule has 0 saturated heterocycles. The number of hydrogen-bond acceptors (Lipinski definition) is 3. The average Bonchev–Trinajstić information content (AvgIpc) is 2.33. The third-order valence-corrected chi connectivity index (χ3v) is 3.04. The lowest BCUT2D eigenvalue weighted by Crippen LogP contribution is -2.62. The lowest BCUT2D eigenvalue weighted by atomic mass is 9.83. The first-order valence-electron chi connectivity index (χ1n) is 6.32. The van der Waals surface area contributed by atoms with Gasteiger partial charge in [0.05, 0.1) is 0 Å². The molecule has 0 aromatic rings. The molecule has 1 atom stereocenters. The van der Waals surface area contributed by atoms with E-state index in [2.05, 4.69) is 17.3 Å². The van der Waals surface area contributed by atoms with Crippen LogP contribution in [-0.4, -0.2) is 34.4 Å². The molecule has 0 aromatic heterocycles. The van der Waals surface area contributed by atoms with E-state index in [1.807, 2.05) is 5.43 Å². The Balaban J connectivity index is 5.55. The van der Waals surface area contributed by atoms with E-state index in [1.54, 1.807) is 6.92 Å². The first kappa shape index (κ1) is 20.9. The highest BCUT2D eigenvalue weighted by Gasteiger charge is 2.73. The highest BCUT2D eigenvalue weighted by atomic mass is 32.1. The summed E-state index contributed by atoms with van der Waals surface area (Å²) in [5.74, 6) is -2.32. The van der Waals surface area contributed by atoms with Crippen molar-refractivity contribution in [3.8, 4) is 0 Å². The van der Waals surface area contributed by atoms with Crippen LogP contribution >= 0.6 is 12.2 Å². The van der Waals surface area contributed by atoms with Gasteiger partial charge in [0.1, 0.15) is 0 Å². The predicted molar refractivity (Wildman–Crippen MR) is 73.1 cm³/mol. The first-order chi connectivity index (χ1) is 9.88. The molecule has 11 heteroatoms. The van der Waals surface area contributed by atoms with E-state index in [1.165, 1.54) is 0 Å². The van der Waals surface area contributed by atoms with Gasteiger partial charge in [0, 0.05) is 12.1 Å². The molecule has 0 aromatic carbocycles. The van der Waals surface area contributed by atoms with Gasteiger partial charge in [0.15, 0.2) is 5.11 Å². The number of halogens is 6. The fourth-order valence-electron chi connectivity index (χ4n) is 1.78. The largest absolute Gasteiger partial charge is 0.426 e. The van der Waals surface area contributed by atoms with Crippen molar-refractivity contribution in [1.29, 1.82) is 0 Å². The van der Waals surface area contributed by atoms with Crippen LogP contribution in [0.5, 0.6) is 0 Å². The molecule has 0 radical (unpaired) electrons. The summed E-state index contributed by atoms with van der Waals surface area (Å²) >= 11 is 4.34. The zero-order valence-corrected chi connectivity index (χ0v) is 12.4.